The van der Waals surface area contributed by atoms with Gasteiger partial charge < -0.3 is 10.2 Å². The molecular formula is C28H35N8O4PS. The SMILES string of the molecule is CN[C@@H](CCC(=O)N(c1ccc(C)c(S(N)(=O)=O)c1)c1nccc(N(C)c2ccc3c(C)n(C)nc3c2)n1)C(=O)PC. The van der Waals surface area contributed by atoms with Crippen LogP contribution >= 0.6 is 8.58 Å². The summed E-state index contributed by atoms with van der Waals surface area (Å²) < 4.78 is 26.4. The van der Waals surface area contributed by atoms with Crippen molar-refractivity contribution in [3.63, 3.8) is 0 Å². The van der Waals surface area contributed by atoms with Crippen LogP contribution in [0.2, 0.25) is 0 Å². The number of amides is 1. The third-order valence-electron chi connectivity index (χ3n) is 7.22. The third kappa shape index (κ3) is 6.49. The van der Waals surface area contributed by atoms with Crippen LogP contribution in [0.4, 0.5) is 23.1 Å². The molecule has 0 spiro atoms. The summed E-state index contributed by atoms with van der Waals surface area (Å²) in [4.78, 5) is 38.2. The number of aromatic nitrogens is 4. The fraction of sp³-hybridized carbons (Fsp3) is 0.321. The van der Waals surface area contributed by atoms with Gasteiger partial charge in [0.25, 0.3) is 0 Å². The van der Waals surface area contributed by atoms with E-state index < -0.39 is 22.0 Å². The Morgan fingerprint density at radius 1 is 1.12 bits per heavy atom. The topological polar surface area (TPSA) is 156 Å². The standard InChI is InChI=1S/C28H35N8O4PS/c1-17-7-8-20(16-24(17)42(29,39)40)36(26(37)12-11-22(30-3)27(38)41-6)28-31-14-13-25(32-28)34(4)19-9-10-21-18(2)35(5)33-23(21)15-19/h7-10,13-16,22,30,41H,11-12H2,1-6H3,(H2,29,39,40)/t22-/m0/s1. The number of benzene rings is 2. The van der Waals surface area contributed by atoms with Crippen LogP contribution < -0.4 is 20.3 Å². The molecule has 0 aliphatic rings. The van der Waals surface area contributed by atoms with Crippen molar-refractivity contribution >= 4 is 64.1 Å². The molecule has 3 N–H and O–H groups in total. The second kappa shape index (κ2) is 12.6. The van der Waals surface area contributed by atoms with Crippen LogP contribution in [-0.2, 0) is 26.7 Å². The lowest BCUT2D eigenvalue weighted by molar-refractivity contribution is -0.118. The van der Waals surface area contributed by atoms with Crippen molar-refractivity contribution in [3.05, 3.63) is 59.9 Å². The Labute approximate surface area is 247 Å². The largest absolute Gasteiger partial charge is 0.329 e. The van der Waals surface area contributed by atoms with Gasteiger partial charge in [-0.3, -0.25) is 14.3 Å². The zero-order chi connectivity index (χ0) is 30.8. The quantitative estimate of drug-likeness (QED) is 0.243. The van der Waals surface area contributed by atoms with Crippen molar-refractivity contribution in [1.29, 1.82) is 0 Å². The maximum Gasteiger partial charge on any atom is 0.238 e. The highest BCUT2D eigenvalue weighted by Crippen LogP contribution is 2.31. The van der Waals surface area contributed by atoms with Gasteiger partial charge in [-0.2, -0.15) is 10.1 Å². The fourth-order valence-corrected chi connectivity index (χ4v) is 6.10. The van der Waals surface area contributed by atoms with Gasteiger partial charge in [-0.1, -0.05) is 14.6 Å². The predicted octanol–water partition coefficient (Wildman–Crippen LogP) is 3.26. The molecule has 222 valence electrons. The van der Waals surface area contributed by atoms with Gasteiger partial charge in [-0.15, -0.1) is 0 Å². The van der Waals surface area contributed by atoms with E-state index in [1.165, 1.54) is 17.2 Å². The van der Waals surface area contributed by atoms with Gasteiger partial charge in [0.15, 0.2) is 5.52 Å². The molecule has 0 saturated carbocycles. The maximum absolute atomic E-state index is 13.8. The number of rotatable bonds is 11. The molecule has 4 rings (SSSR count). The molecule has 0 aliphatic carbocycles. The summed E-state index contributed by atoms with van der Waals surface area (Å²) in [5, 5.41) is 14.0. The Morgan fingerprint density at radius 2 is 1.83 bits per heavy atom. The van der Waals surface area contributed by atoms with Gasteiger partial charge in [0.1, 0.15) is 5.82 Å². The Bertz CT molecular complexity index is 1760. The van der Waals surface area contributed by atoms with Gasteiger partial charge in [-0.05, 0) is 75.9 Å². The number of aryl methyl sites for hydroxylation is 3. The van der Waals surface area contributed by atoms with E-state index in [1.807, 2.05) is 48.8 Å². The fourth-order valence-electron chi connectivity index (χ4n) is 4.66. The first kappa shape index (κ1) is 31.2. The molecule has 0 saturated heterocycles. The minimum Gasteiger partial charge on any atom is -0.329 e. The normalized spacial score (nSPS) is 12.6. The lowest BCUT2D eigenvalue weighted by Gasteiger charge is -2.25. The molecule has 2 atom stereocenters. The van der Waals surface area contributed by atoms with Crippen molar-refractivity contribution in [3.8, 4) is 0 Å². The molecule has 2 aromatic carbocycles. The average Bonchev–Trinajstić information content (AvgIpc) is 3.25. The smallest absolute Gasteiger partial charge is 0.238 e. The molecule has 0 aliphatic heterocycles. The van der Waals surface area contributed by atoms with E-state index in [9.17, 15) is 18.0 Å². The van der Waals surface area contributed by atoms with Crippen LogP contribution in [0.5, 0.6) is 0 Å². The highest BCUT2D eigenvalue weighted by Gasteiger charge is 2.26. The summed E-state index contributed by atoms with van der Waals surface area (Å²) in [7, 11) is 1.43. The lowest BCUT2D eigenvalue weighted by Crippen LogP contribution is -2.35. The molecule has 1 amide bonds. The lowest BCUT2D eigenvalue weighted by atomic mass is 10.1. The van der Waals surface area contributed by atoms with Crippen LogP contribution in [0.3, 0.4) is 0 Å². The first-order valence-electron chi connectivity index (χ1n) is 13.2. The van der Waals surface area contributed by atoms with Crippen LogP contribution in [-0.4, -0.2) is 66.4 Å². The number of hydrogen-bond donors (Lipinski definition) is 2. The van der Waals surface area contributed by atoms with Crippen molar-refractivity contribution in [1.82, 2.24) is 25.1 Å². The number of hydrogen-bond acceptors (Lipinski definition) is 9. The summed E-state index contributed by atoms with van der Waals surface area (Å²) in [6, 6.07) is 11.7. The summed E-state index contributed by atoms with van der Waals surface area (Å²) in [6.45, 7) is 5.42. The van der Waals surface area contributed by atoms with Crippen LogP contribution in [0.1, 0.15) is 24.1 Å². The van der Waals surface area contributed by atoms with Crippen LogP contribution in [0.15, 0.2) is 53.6 Å². The van der Waals surface area contributed by atoms with E-state index >= 15 is 0 Å². The molecular weight excluding hydrogens is 575 g/mol. The van der Waals surface area contributed by atoms with E-state index in [1.54, 1.807) is 38.8 Å². The second-order valence-electron chi connectivity index (χ2n) is 9.90. The number of nitrogens with one attached hydrogen (secondary N) is 1. The van der Waals surface area contributed by atoms with Gasteiger partial charge in [-0.25, -0.2) is 23.4 Å². The van der Waals surface area contributed by atoms with E-state index in [0.29, 0.717) is 11.4 Å². The van der Waals surface area contributed by atoms with Crippen LogP contribution in [0, 0.1) is 13.8 Å². The average molecular weight is 611 g/mol. The molecule has 14 heteroatoms. The second-order valence-corrected chi connectivity index (χ2v) is 12.4. The van der Waals surface area contributed by atoms with Crippen molar-refractivity contribution < 1.29 is 18.0 Å². The van der Waals surface area contributed by atoms with Gasteiger partial charge >= 0.3 is 0 Å². The highest BCUT2D eigenvalue weighted by molar-refractivity contribution is 7.89. The number of nitrogens with zero attached hydrogens (tertiary/aromatic N) is 6. The number of likely N-dealkylation sites (N-methyl/N-ethyl adjacent to an activating group) is 1. The maximum atomic E-state index is 13.8. The minimum atomic E-state index is -4.07. The third-order valence-corrected chi connectivity index (χ3v) is 9.11. The van der Waals surface area contributed by atoms with Crippen LogP contribution in [0.25, 0.3) is 10.9 Å². The molecule has 1 unspecified atom stereocenters. The van der Waals surface area contributed by atoms with Crippen molar-refractivity contribution in [2.75, 3.05) is 30.6 Å². The van der Waals surface area contributed by atoms with E-state index in [-0.39, 0.29) is 43.5 Å². The Kier molecular flexibility index (Phi) is 9.37. The Balaban J connectivity index is 1.75. The van der Waals surface area contributed by atoms with Gasteiger partial charge in [0.2, 0.25) is 21.9 Å². The molecule has 0 bridgehead atoms. The Morgan fingerprint density at radius 3 is 2.50 bits per heavy atom. The first-order valence-corrected chi connectivity index (χ1v) is 16.3. The molecule has 4 aromatic rings. The van der Waals surface area contributed by atoms with Gasteiger partial charge in [0, 0.05) is 43.5 Å². The number of carbonyl (C=O) groups excluding carboxylic acids is 2. The zero-order valence-corrected chi connectivity index (χ0v) is 26.2. The molecule has 2 aromatic heterocycles. The Hall–Kier alpha value is -3.77. The number of carbonyl (C=O) groups is 2. The number of primary sulfonamides is 1. The number of anilines is 4. The van der Waals surface area contributed by atoms with Gasteiger partial charge in [0.05, 0.1) is 22.1 Å². The molecule has 2 heterocycles. The molecule has 0 fully saturated rings. The van der Waals surface area contributed by atoms with Crippen molar-refractivity contribution in [2.45, 2.75) is 37.6 Å². The van der Waals surface area contributed by atoms with Crippen molar-refractivity contribution in [2.24, 2.45) is 12.2 Å². The number of nitrogens with two attached hydrogens (primary N) is 1. The zero-order valence-electron chi connectivity index (χ0n) is 24.4. The summed E-state index contributed by atoms with van der Waals surface area (Å²) >= 11 is 0. The summed E-state index contributed by atoms with van der Waals surface area (Å²) in [6.07, 6.45) is 1.77. The summed E-state index contributed by atoms with van der Waals surface area (Å²) in [5.74, 6) is 0.143. The molecule has 12 nitrogen and oxygen atoms in total. The molecule has 42 heavy (non-hydrogen) atoms. The highest BCUT2D eigenvalue weighted by atomic mass is 32.2. The van der Waals surface area contributed by atoms with E-state index in [2.05, 4.69) is 15.4 Å². The number of fused-ring (bicyclic) bond motifs is 1. The minimum absolute atomic E-state index is 0.0145. The van der Waals surface area contributed by atoms with E-state index in [4.69, 9.17) is 10.1 Å². The predicted molar refractivity (Wildman–Crippen MR) is 167 cm³/mol. The molecule has 0 radical (unpaired) electrons. The first-order chi connectivity index (χ1) is 19.8. The van der Waals surface area contributed by atoms with E-state index in [0.717, 1.165) is 22.3 Å². The number of sulfonamides is 1. The summed E-state index contributed by atoms with van der Waals surface area (Å²) in [5.41, 5.74) is 3.41. The monoisotopic (exact) mass is 610 g/mol.